The number of rotatable bonds is 14. The maximum Gasteiger partial charge on any atom is 0.488 e. The molecule has 16 aromatic rings. The van der Waals surface area contributed by atoms with Crippen LogP contribution in [0.15, 0.2) is 437 Å². The van der Waals surface area contributed by atoms with E-state index in [1.165, 1.54) is 90.7 Å². The molecule has 0 atom stereocenters. The van der Waals surface area contributed by atoms with Gasteiger partial charge in [-0.05, 0) is 192 Å². The van der Waals surface area contributed by atoms with Crippen molar-refractivity contribution in [2.24, 2.45) is 0 Å². The number of benzene rings is 16. The maximum atomic E-state index is 9.70. The maximum absolute atomic E-state index is 9.70. The Kier molecular flexibility index (Phi) is 19.0. The summed E-state index contributed by atoms with van der Waals surface area (Å²) in [6.45, 7) is 1.51. The molecule has 11 N–H and O–H groups in total. The summed E-state index contributed by atoms with van der Waals surface area (Å²) < 4.78 is 402. The zero-order valence-corrected chi connectivity index (χ0v) is 68.5. The number of nitrogens with one attached hydrogen (secondary N) is 1. The molecule has 0 amide bonds. The molecule has 10 nitrogen and oxygen atoms in total. The number of halogens is 3. The van der Waals surface area contributed by atoms with Crippen LogP contribution in [0, 0.1) is 6.92 Å². The third-order valence-electron chi connectivity index (χ3n) is 14.4. The van der Waals surface area contributed by atoms with E-state index >= 15 is 0 Å². The molecule has 0 unspecified atom stereocenters. The van der Waals surface area contributed by atoms with Crippen molar-refractivity contribution >= 4 is 125 Å². The first-order valence-corrected chi connectivity index (χ1v) is 34.7. The van der Waals surface area contributed by atoms with Crippen molar-refractivity contribution in [3.8, 4) is 66.8 Å². The number of nitrogens with two attached hydrogens (primary N) is 2. The van der Waals surface area contributed by atoms with Crippen molar-refractivity contribution in [1.29, 1.82) is 0 Å². The third kappa shape index (κ3) is 29.2. The summed E-state index contributed by atoms with van der Waals surface area (Å²) in [6, 6.07) is 1.95. The molecule has 0 aliphatic heterocycles. The van der Waals surface area contributed by atoms with Gasteiger partial charge < -0.3 is 51.8 Å². The van der Waals surface area contributed by atoms with Crippen molar-refractivity contribution < 1.29 is 154 Å². The summed E-state index contributed by atoms with van der Waals surface area (Å²) in [7, 11) is -5.31. The van der Waals surface area contributed by atoms with E-state index in [-0.39, 0.29) is 181 Å². The number of hydrogen-bond donors (Lipinski definition) is 9. The molecule has 573 valence electrons. The molecule has 16 aromatic carbocycles. The van der Waals surface area contributed by atoms with Gasteiger partial charge in [-0.15, -0.1) is 0 Å². The van der Waals surface area contributed by atoms with Crippen molar-refractivity contribution in [1.82, 2.24) is 0 Å². The van der Waals surface area contributed by atoms with Crippen molar-refractivity contribution in [2.45, 2.75) is 6.92 Å². The van der Waals surface area contributed by atoms with Gasteiger partial charge in [0.2, 0.25) is 0 Å². The Hall–Kier alpha value is -10.1. The van der Waals surface area contributed by atoms with E-state index in [9.17, 15) is 10.0 Å². The summed E-state index contributed by atoms with van der Waals surface area (Å²) in [5, 5.41) is 57.1. The van der Waals surface area contributed by atoms with E-state index in [0.717, 1.165) is 19.1 Å². The van der Waals surface area contributed by atoms with E-state index in [1.807, 2.05) is 18.2 Å². The van der Waals surface area contributed by atoms with Gasteiger partial charge >= 0.3 is 21.4 Å². The van der Waals surface area contributed by atoms with Crippen LogP contribution >= 0.6 is 47.8 Å². The fourth-order valence-corrected chi connectivity index (χ4v) is 10.5. The van der Waals surface area contributed by atoms with Gasteiger partial charge in [0.25, 0.3) is 0 Å². The predicted molar refractivity (Wildman–Crippen MR) is 488 cm³/mol. The molecule has 0 aromatic heterocycles. The fraction of sp³-hybridized carbons (Fsp3) is 0.0103. The Morgan fingerprint density at radius 3 is 1.04 bits per heavy atom. The average molecular weight is 1880 g/mol. The third-order valence-corrected chi connectivity index (χ3v) is 16.1. The van der Waals surface area contributed by atoms with E-state index < -0.39 is 310 Å². The van der Waals surface area contributed by atoms with Crippen LogP contribution in [-0.2, 0) is 55.7 Å². The second kappa shape index (κ2) is 49.7. The van der Waals surface area contributed by atoms with Gasteiger partial charge in [0.05, 0.1) is 74.2 Å². The predicted octanol–water partition coefficient (Wildman–Crippen LogP) is 21.8. The number of nitrogen functional groups attached to an aromatic ring is 2. The van der Waals surface area contributed by atoms with Crippen molar-refractivity contribution in [3.05, 3.63) is 442 Å². The van der Waals surface area contributed by atoms with Crippen LogP contribution in [0.25, 0.3) is 66.8 Å². The summed E-state index contributed by atoms with van der Waals surface area (Å²) in [4.78, 5) is 1.18. The first-order chi connectivity index (χ1) is 75.7. The Balaban J connectivity index is 0.000000282. The fourth-order valence-electron chi connectivity index (χ4n) is 9.19. The van der Waals surface area contributed by atoms with E-state index in [1.54, 1.807) is 24.3 Å². The van der Waals surface area contributed by atoms with Crippen LogP contribution < -0.4 is 38.1 Å². The summed E-state index contributed by atoms with van der Waals surface area (Å²) in [5.41, 5.74) is 10.7. The van der Waals surface area contributed by atoms with Gasteiger partial charge in [-0.1, -0.05) is 358 Å². The minimum atomic E-state index is -2.07. The topological polar surface area (TPSA) is 189 Å². The van der Waals surface area contributed by atoms with Crippen LogP contribution in [0.3, 0.4) is 0 Å². The summed E-state index contributed by atoms with van der Waals surface area (Å²) in [6.07, 6.45) is 0. The SMILES string of the molecule is Nc1ccc(Br)cc1Br.OB(O)c1ccc(Br)cc1.[2H]c1c([2H])c([2H])c(-c2ccc(N(c3ccc(B(O)O)cc3)c3c([2H])c([2H])c([2H])c([2H])c3[2H])c(-c3c([2H])c([2H])c([2H])c([2H])c3[2H])c2)c([2H])c1[2H].[2H]c1c([2H])c([2H])c(-c2ccc(N)c(-c3c([2H])c([2H])c([2H])c([2H])c3[2H])c2)c([2H])c1[2H].[2H]c1c([2H])c([2H])c(B(O)O)c([2H])c1[2H].[2H]c1c([2H])c([2H])c(C)c([2H])c1[2H].[2H]c1c([2H])c([2H])c(Nc2ccc(-c3c([2H])c([2H])c([2H])c([2H])c3[2H])cc2-c2c([2H])c([2H])c([2H])c([2H])c2[2H])c([2H])c1[2H].[V].[V].[V]. The van der Waals surface area contributed by atoms with Gasteiger partial charge in [0.1, 0.15) is 0 Å². The van der Waals surface area contributed by atoms with Crippen LogP contribution in [-0.4, -0.2) is 51.5 Å². The first kappa shape index (κ1) is 44.4. The quantitative estimate of drug-likeness (QED) is 0.0374. The second-order valence-electron chi connectivity index (χ2n) is 21.9. The number of hydrogen-bond acceptors (Lipinski definition) is 10. The molecule has 0 aliphatic carbocycles. The second-order valence-corrected chi connectivity index (χ2v) is 24.6. The zero-order chi connectivity index (χ0) is 123. The molecular formula is C97H84B3Br3N4O6V3. The van der Waals surface area contributed by atoms with Crippen molar-refractivity contribution in [2.75, 3.05) is 21.7 Å². The molecule has 0 saturated carbocycles. The molecule has 116 heavy (non-hydrogen) atoms. The Morgan fingerprint density at radius 2 is 0.621 bits per heavy atom. The molecule has 0 heterocycles. The summed E-state index contributed by atoms with van der Waals surface area (Å²) >= 11 is 9.83. The van der Waals surface area contributed by atoms with Crippen LogP contribution in [0.4, 0.5) is 39.8 Å². The van der Waals surface area contributed by atoms with Gasteiger partial charge in [0, 0.05) is 120 Å². The largest absolute Gasteiger partial charge is 0.488 e. The molecule has 0 bridgehead atoms. The number of nitrogens with zero attached hydrogens (tertiary/aromatic N) is 1. The van der Waals surface area contributed by atoms with E-state index in [4.69, 9.17) is 100 Å². The normalized spacial score (nSPS) is 15.9. The smallest absolute Gasteiger partial charge is 0.423 e. The first-order valence-electron chi connectivity index (χ1n) is 57.3. The molecule has 16 rings (SSSR count). The molecule has 0 aliphatic rings. The Morgan fingerprint density at radius 1 is 0.293 bits per heavy atom. The van der Waals surface area contributed by atoms with Gasteiger partial charge in [-0.2, -0.15) is 0 Å². The van der Waals surface area contributed by atoms with Crippen LogP contribution in [0.2, 0.25) is 0 Å². The summed E-state index contributed by atoms with van der Waals surface area (Å²) in [5.74, 6) is 0. The molecule has 0 saturated heterocycles. The van der Waals surface area contributed by atoms with Crippen LogP contribution in [0.5, 0.6) is 0 Å². The van der Waals surface area contributed by atoms with Gasteiger partial charge in [-0.25, -0.2) is 0 Å². The van der Waals surface area contributed by atoms with Gasteiger partial charge in [0.15, 0.2) is 0 Å². The van der Waals surface area contributed by atoms with Crippen molar-refractivity contribution in [3.63, 3.8) is 0 Å². The Labute approximate surface area is 813 Å². The minimum absolute atomic E-state index is 0. The molecule has 0 spiro atoms. The van der Waals surface area contributed by atoms with E-state index in [2.05, 4.69) is 53.1 Å². The molecule has 3 radical (unpaired) electrons. The van der Waals surface area contributed by atoms with Crippen LogP contribution in [0.1, 0.15) is 74.1 Å². The Bertz CT molecular complexity index is 8340. The number of para-hydroxylation sites is 2. The number of anilines is 7. The monoisotopic (exact) mass is 1870 g/mol. The standard InChI is InChI=1S/C30H24BNO2.C24H19N.C18H15N.C7H8.C6H6BBrO2.C6H7BO2.C6H5Br2N.3V/c33-31(34)26-17-19-28(20-18-26)32(27-14-8-3-9-15-27)30-21-16-25(23-10-4-1-5-11-23)22-29(30)24-12-6-2-7-13-24;1-4-10-19(11-5-1)21-16-17-24(25-22-14-8-3-9-15-22)23(18-21)20-12-6-2-7-13-20;19-18-12-11-16(14-7-3-1-4-8-14)13-17(18)15-9-5-2-6-10-15;1-7-5-3-2-4-6-7;8-6-3-1-5(2-4-6)7(9)10;8-7(9)6-4-2-1-3-5-6;7-4-1-2-6(9)5(8)3-4;;;/h1-22,33-34H;1-18,25H;1-13H,19H2;2-6H,1H3;1-4,9-10H;1-5,8-9H;1-3H,9H2;;;/i2*1D,2D,3D,4D,5D,6D,7D,8D,9D,10D,11D,12D,13D,14D,15D;1D,2D,3D,4D,5D,6D,7D,8D,9D,10D;2D,3D,4D,5D,6D;;1D,2D,3D,4D,5D;;;;. The average Bonchev–Trinajstić information content (AvgIpc) is 0.735. The minimum Gasteiger partial charge on any atom is -0.423 e. The molecule has 19 heteroatoms. The molecule has 0 fully saturated rings. The van der Waals surface area contributed by atoms with E-state index in [0.29, 0.717) is 11.0 Å². The van der Waals surface area contributed by atoms with Gasteiger partial charge in [-0.3, -0.25) is 0 Å². The molecular weight excluding hydrogens is 1740 g/mol. The zero-order valence-electron chi connectivity index (χ0n) is 110.